The van der Waals surface area contributed by atoms with Crippen LogP contribution in [0.4, 0.5) is 5.69 Å². The van der Waals surface area contributed by atoms with Gasteiger partial charge in [-0.3, -0.25) is 9.69 Å². The number of ether oxygens (including phenoxy) is 2. The van der Waals surface area contributed by atoms with Crippen molar-refractivity contribution in [2.24, 2.45) is 17.8 Å². The van der Waals surface area contributed by atoms with Gasteiger partial charge in [-0.1, -0.05) is 6.07 Å². The van der Waals surface area contributed by atoms with Crippen LogP contribution < -0.4 is 9.64 Å². The van der Waals surface area contributed by atoms with Crippen molar-refractivity contribution < 1.29 is 19.4 Å². The molecule has 7 atom stereocenters. The van der Waals surface area contributed by atoms with Crippen LogP contribution in [-0.4, -0.2) is 60.6 Å². The van der Waals surface area contributed by atoms with E-state index in [0.29, 0.717) is 18.4 Å². The molecule has 1 aliphatic carbocycles. The number of carbonyl (C=O) groups is 1. The summed E-state index contributed by atoms with van der Waals surface area (Å²) in [6.45, 7) is 6.24. The predicted molar refractivity (Wildman–Crippen MR) is 103 cm³/mol. The molecule has 0 radical (unpaired) electrons. The van der Waals surface area contributed by atoms with Gasteiger partial charge < -0.3 is 19.5 Å². The van der Waals surface area contributed by atoms with Gasteiger partial charge in [-0.05, 0) is 37.3 Å². The third-order valence-corrected chi connectivity index (χ3v) is 8.69. The highest BCUT2D eigenvalue weighted by Gasteiger charge is 2.76. The first-order valence-electron chi connectivity index (χ1n) is 10.5. The molecule has 6 nitrogen and oxygen atoms in total. The van der Waals surface area contributed by atoms with Gasteiger partial charge >= 0.3 is 0 Å². The smallest absolute Gasteiger partial charge is 0.224 e. The van der Waals surface area contributed by atoms with E-state index in [-0.39, 0.29) is 24.0 Å². The lowest BCUT2D eigenvalue weighted by molar-refractivity contribution is -0.249. The van der Waals surface area contributed by atoms with E-state index in [9.17, 15) is 9.90 Å². The summed E-state index contributed by atoms with van der Waals surface area (Å²) in [7, 11) is 1.65. The molecule has 28 heavy (non-hydrogen) atoms. The number of aliphatic hydroxyl groups is 1. The van der Waals surface area contributed by atoms with Crippen LogP contribution in [0, 0.1) is 17.8 Å². The highest BCUT2D eigenvalue weighted by molar-refractivity contribution is 5.96. The van der Waals surface area contributed by atoms with Crippen molar-refractivity contribution in [3.05, 3.63) is 23.8 Å². The van der Waals surface area contributed by atoms with E-state index in [0.717, 1.165) is 42.9 Å². The second-order valence-corrected chi connectivity index (χ2v) is 9.44. The maximum atomic E-state index is 12.9. The molecule has 1 aromatic rings. The summed E-state index contributed by atoms with van der Waals surface area (Å²) in [5.74, 6) is 1.84. The zero-order valence-corrected chi connectivity index (χ0v) is 16.7. The fourth-order valence-electron chi connectivity index (χ4n) is 7.60. The molecule has 6 rings (SSSR count). The summed E-state index contributed by atoms with van der Waals surface area (Å²) in [5, 5.41) is 12.2. The summed E-state index contributed by atoms with van der Waals surface area (Å²) < 4.78 is 11.7. The van der Waals surface area contributed by atoms with Crippen LogP contribution in [0.3, 0.4) is 0 Å². The number of rotatable bonds is 1. The minimum atomic E-state index is -0.889. The molecule has 1 N–H and O–H groups in total. The number of nitrogens with zero attached hydrogens (tertiary/aromatic N) is 2. The third kappa shape index (κ3) is 1.70. The average Bonchev–Trinajstić information content (AvgIpc) is 3.15. The minimum Gasteiger partial charge on any atom is -0.497 e. The molecule has 150 valence electrons. The first kappa shape index (κ1) is 17.2. The Balaban J connectivity index is 1.62. The third-order valence-electron chi connectivity index (χ3n) is 8.69. The number of methoxy groups -OCH3 is 1. The van der Waals surface area contributed by atoms with Crippen LogP contribution >= 0.6 is 0 Å². The van der Waals surface area contributed by atoms with Crippen molar-refractivity contribution in [1.82, 2.24) is 4.90 Å². The number of benzene rings is 1. The van der Waals surface area contributed by atoms with Crippen LogP contribution in [0.5, 0.6) is 5.75 Å². The monoisotopic (exact) mass is 384 g/mol. The molecule has 1 spiro atoms. The van der Waals surface area contributed by atoms with Crippen LogP contribution in [0.25, 0.3) is 0 Å². The standard InChI is InChI=1S/C22H28N2O4/c1-12-16-10-23-7-6-21-18-5-4-14(27-3)8-19(18)24(13(2)25)20(21)17(11-28-12)15(16)9-22(21,23)26/h4-5,8,12,15-17,20,26H,6-7,9-11H2,1-3H3/t12-,15+,16+,17-,20+,21+,22-/m1/s1. The molecular formula is C22H28N2O4. The number of amides is 1. The maximum Gasteiger partial charge on any atom is 0.224 e. The Bertz CT molecular complexity index is 874. The molecule has 1 aromatic carbocycles. The summed E-state index contributed by atoms with van der Waals surface area (Å²) in [6.07, 6.45) is 1.86. The Labute approximate surface area is 165 Å². The second-order valence-electron chi connectivity index (χ2n) is 9.44. The van der Waals surface area contributed by atoms with Gasteiger partial charge in [0.25, 0.3) is 0 Å². The van der Waals surface area contributed by atoms with Crippen molar-refractivity contribution in [3.63, 3.8) is 0 Å². The summed E-state index contributed by atoms with van der Waals surface area (Å²) >= 11 is 0. The molecule has 1 amide bonds. The quantitative estimate of drug-likeness (QED) is 0.799. The number of fused-ring (bicyclic) bond motifs is 2. The van der Waals surface area contributed by atoms with Gasteiger partial charge in [0.2, 0.25) is 5.91 Å². The molecule has 6 heteroatoms. The molecule has 1 saturated carbocycles. The van der Waals surface area contributed by atoms with E-state index < -0.39 is 11.1 Å². The van der Waals surface area contributed by atoms with E-state index in [1.807, 2.05) is 17.0 Å². The van der Waals surface area contributed by atoms with Gasteiger partial charge in [-0.25, -0.2) is 0 Å². The predicted octanol–water partition coefficient (Wildman–Crippen LogP) is 1.75. The lowest BCUT2D eigenvalue weighted by atomic mass is 9.51. The van der Waals surface area contributed by atoms with Crippen LogP contribution in [0.2, 0.25) is 0 Å². The van der Waals surface area contributed by atoms with Crippen LogP contribution in [-0.2, 0) is 14.9 Å². The van der Waals surface area contributed by atoms with Crippen molar-refractivity contribution in [2.45, 2.75) is 50.0 Å². The Morgan fingerprint density at radius 1 is 1.32 bits per heavy atom. The van der Waals surface area contributed by atoms with E-state index in [1.165, 1.54) is 0 Å². The minimum absolute atomic E-state index is 0.0357. The molecular weight excluding hydrogens is 356 g/mol. The fourth-order valence-corrected chi connectivity index (χ4v) is 7.60. The molecule has 4 heterocycles. The van der Waals surface area contributed by atoms with Gasteiger partial charge in [0.1, 0.15) is 11.5 Å². The number of piperidine rings is 1. The van der Waals surface area contributed by atoms with Crippen LogP contribution in [0.1, 0.15) is 32.3 Å². The van der Waals surface area contributed by atoms with Crippen molar-refractivity contribution in [3.8, 4) is 5.75 Å². The second kappa shape index (κ2) is 5.29. The highest BCUT2D eigenvalue weighted by Crippen LogP contribution is 2.68. The van der Waals surface area contributed by atoms with E-state index in [4.69, 9.17) is 9.47 Å². The molecule has 4 fully saturated rings. The van der Waals surface area contributed by atoms with Gasteiger partial charge in [-0.2, -0.15) is 0 Å². The zero-order valence-electron chi connectivity index (χ0n) is 16.7. The lowest BCUT2D eigenvalue weighted by Gasteiger charge is -2.64. The van der Waals surface area contributed by atoms with Gasteiger partial charge in [0.05, 0.1) is 37.0 Å². The van der Waals surface area contributed by atoms with E-state index in [1.54, 1.807) is 14.0 Å². The average molecular weight is 384 g/mol. The molecule has 5 aliphatic rings. The summed E-state index contributed by atoms with van der Waals surface area (Å²) in [5.41, 5.74) is 0.680. The van der Waals surface area contributed by atoms with E-state index in [2.05, 4.69) is 17.9 Å². The zero-order chi connectivity index (χ0) is 19.4. The van der Waals surface area contributed by atoms with Crippen molar-refractivity contribution in [1.29, 1.82) is 0 Å². The fraction of sp³-hybridized carbons (Fsp3) is 0.682. The summed E-state index contributed by atoms with van der Waals surface area (Å²) in [6, 6.07) is 5.97. The Kier molecular flexibility index (Phi) is 3.26. The molecule has 0 unspecified atom stereocenters. The number of carbonyl (C=O) groups excluding carboxylic acids is 1. The Morgan fingerprint density at radius 2 is 2.14 bits per heavy atom. The molecule has 4 aliphatic heterocycles. The first-order chi connectivity index (χ1) is 13.4. The van der Waals surface area contributed by atoms with Gasteiger partial charge in [0.15, 0.2) is 0 Å². The normalized spacial score (nSPS) is 45.6. The molecule has 0 aromatic heterocycles. The number of hydrogen-bond acceptors (Lipinski definition) is 5. The van der Waals surface area contributed by atoms with Gasteiger partial charge in [0, 0.05) is 37.9 Å². The van der Waals surface area contributed by atoms with Crippen LogP contribution in [0.15, 0.2) is 18.2 Å². The van der Waals surface area contributed by atoms with Crippen molar-refractivity contribution >= 4 is 11.6 Å². The number of anilines is 1. The molecule has 3 saturated heterocycles. The molecule has 2 bridgehead atoms. The maximum absolute atomic E-state index is 12.9. The highest BCUT2D eigenvalue weighted by atomic mass is 16.5. The Hall–Kier alpha value is -1.63. The topological polar surface area (TPSA) is 62.2 Å². The SMILES string of the molecule is COc1ccc2c(c1)N(C(C)=O)[C@H]1[C@@H]3CO[C@H](C)[C@@H]4CN5CC[C@]21[C@]5(O)C[C@H]34. The lowest BCUT2D eigenvalue weighted by Crippen LogP contribution is -2.75. The van der Waals surface area contributed by atoms with Crippen molar-refractivity contribution in [2.75, 3.05) is 31.7 Å². The Morgan fingerprint density at radius 3 is 2.89 bits per heavy atom. The first-order valence-corrected chi connectivity index (χ1v) is 10.5. The summed E-state index contributed by atoms with van der Waals surface area (Å²) in [4.78, 5) is 17.2. The van der Waals surface area contributed by atoms with Gasteiger partial charge in [-0.15, -0.1) is 0 Å². The van der Waals surface area contributed by atoms with E-state index >= 15 is 0 Å². The largest absolute Gasteiger partial charge is 0.497 e. The number of hydrogen-bond donors (Lipinski definition) is 1.